The van der Waals surface area contributed by atoms with Gasteiger partial charge in [0.15, 0.2) is 0 Å². The van der Waals surface area contributed by atoms with Crippen LogP contribution in [0.2, 0.25) is 0 Å². The van der Waals surface area contributed by atoms with Crippen LogP contribution in [-0.4, -0.2) is 5.11 Å². The molecule has 0 fully saturated rings. The average molecular weight is 221 g/mol. The molecule has 3 N–H and O–H groups in total. The summed E-state index contributed by atoms with van der Waals surface area (Å²) in [6.45, 7) is 8.66. The number of hydrogen-bond donors (Lipinski definition) is 2. The van der Waals surface area contributed by atoms with E-state index in [0.717, 1.165) is 18.4 Å². The maximum absolute atomic E-state index is 9.88. The lowest BCUT2D eigenvalue weighted by Crippen LogP contribution is -2.01. The summed E-state index contributed by atoms with van der Waals surface area (Å²) in [4.78, 5) is 0. The summed E-state index contributed by atoms with van der Waals surface area (Å²) >= 11 is 0. The number of phenolic OH excluding ortho intramolecular Hbond substituents is 1. The molecule has 0 aromatic heterocycles. The molecular weight excluding hydrogens is 198 g/mol. The zero-order valence-corrected chi connectivity index (χ0v) is 10.7. The Hall–Kier alpha value is -1.18. The van der Waals surface area contributed by atoms with Gasteiger partial charge >= 0.3 is 0 Å². The monoisotopic (exact) mass is 221 g/mol. The number of nitrogen functional groups attached to an aromatic ring is 1. The summed E-state index contributed by atoms with van der Waals surface area (Å²) < 4.78 is 0. The normalized spacial score (nSPS) is 11.4. The Bertz CT molecular complexity index is 356. The van der Waals surface area contributed by atoms with Crippen molar-refractivity contribution < 1.29 is 5.11 Å². The number of nitrogens with two attached hydrogens (primary N) is 1. The molecule has 0 radical (unpaired) electrons. The van der Waals surface area contributed by atoms with Crippen LogP contribution in [0, 0.1) is 11.8 Å². The van der Waals surface area contributed by atoms with Crippen molar-refractivity contribution in [2.24, 2.45) is 11.8 Å². The maximum atomic E-state index is 9.88. The van der Waals surface area contributed by atoms with Crippen LogP contribution < -0.4 is 5.73 Å². The Kier molecular flexibility index (Phi) is 4.22. The summed E-state index contributed by atoms with van der Waals surface area (Å²) in [6.07, 6.45) is 1.89. The first-order chi connectivity index (χ1) is 7.40. The minimum Gasteiger partial charge on any atom is -0.506 e. The molecular formula is C14H23NO. The molecule has 0 spiro atoms. The van der Waals surface area contributed by atoms with Crippen molar-refractivity contribution in [1.29, 1.82) is 0 Å². The molecule has 1 aromatic rings. The molecule has 0 saturated carbocycles. The van der Waals surface area contributed by atoms with Crippen LogP contribution in [-0.2, 0) is 12.8 Å². The molecule has 1 aromatic carbocycles. The fourth-order valence-electron chi connectivity index (χ4n) is 1.97. The van der Waals surface area contributed by atoms with Crippen molar-refractivity contribution in [2.45, 2.75) is 40.5 Å². The van der Waals surface area contributed by atoms with E-state index >= 15 is 0 Å². The molecule has 0 amide bonds. The van der Waals surface area contributed by atoms with Gasteiger partial charge in [0, 0.05) is 0 Å². The smallest absolute Gasteiger partial charge is 0.141 e. The fourth-order valence-corrected chi connectivity index (χ4v) is 1.97. The van der Waals surface area contributed by atoms with Crippen molar-refractivity contribution in [1.82, 2.24) is 0 Å². The first-order valence-electron chi connectivity index (χ1n) is 6.00. The molecule has 90 valence electrons. The Morgan fingerprint density at radius 1 is 1.06 bits per heavy atom. The van der Waals surface area contributed by atoms with E-state index in [4.69, 9.17) is 5.73 Å². The van der Waals surface area contributed by atoms with Gasteiger partial charge in [-0.2, -0.15) is 0 Å². The quantitative estimate of drug-likeness (QED) is 0.605. The first-order valence-corrected chi connectivity index (χ1v) is 6.00. The third-order valence-corrected chi connectivity index (χ3v) is 2.55. The minimum absolute atomic E-state index is 0.265. The van der Waals surface area contributed by atoms with E-state index in [2.05, 4.69) is 33.8 Å². The van der Waals surface area contributed by atoms with E-state index in [1.54, 1.807) is 0 Å². The number of benzene rings is 1. The third-order valence-electron chi connectivity index (χ3n) is 2.55. The lowest BCUT2D eigenvalue weighted by atomic mass is 9.95. The van der Waals surface area contributed by atoms with Gasteiger partial charge in [0.1, 0.15) is 5.75 Å². The van der Waals surface area contributed by atoms with Crippen LogP contribution in [0.1, 0.15) is 38.8 Å². The molecule has 16 heavy (non-hydrogen) atoms. The Morgan fingerprint density at radius 2 is 1.62 bits per heavy atom. The summed E-state index contributed by atoms with van der Waals surface area (Å²) in [5.41, 5.74) is 8.53. The number of rotatable bonds is 4. The largest absolute Gasteiger partial charge is 0.506 e. The van der Waals surface area contributed by atoms with E-state index in [0.29, 0.717) is 17.5 Å². The second-order valence-electron chi connectivity index (χ2n) is 5.39. The standard InChI is InChI=1S/C14H23NO/c1-9(2)5-11-7-12(6-10(3)4)14(16)13(15)8-11/h7-10,16H,5-6,15H2,1-4H3. The van der Waals surface area contributed by atoms with E-state index < -0.39 is 0 Å². The number of aromatic hydroxyl groups is 1. The molecule has 2 nitrogen and oxygen atoms in total. The second kappa shape index (κ2) is 5.24. The lowest BCUT2D eigenvalue weighted by molar-refractivity contribution is 0.464. The van der Waals surface area contributed by atoms with Crippen molar-refractivity contribution in [3.05, 3.63) is 23.3 Å². The van der Waals surface area contributed by atoms with Crippen LogP contribution in [0.3, 0.4) is 0 Å². The molecule has 0 aliphatic carbocycles. The molecule has 0 atom stereocenters. The Morgan fingerprint density at radius 3 is 2.12 bits per heavy atom. The van der Waals surface area contributed by atoms with Gasteiger partial charge in [-0.25, -0.2) is 0 Å². The van der Waals surface area contributed by atoms with E-state index in [1.165, 1.54) is 5.56 Å². The van der Waals surface area contributed by atoms with Gasteiger partial charge in [0.05, 0.1) is 5.69 Å². The fraction of sp³-hybridized carbons (Fsp3) is 0.571. The predicted octanol–water partition coefficient (Wildman–Crippen LogP) is 3.37. The van der Waals surface area contributed by atoms with Crippen molar-refractivity contribution >= 4 is 5.69 Å². The molecule has 0 aliphatic rings. The van der Waals surface area contributed by atoms with Crippen LogP contribution in [0.5, 0.6) is 5.75 Å². The van der Waals surface area contributed by atoms with Gasteiger partial charge in [-0.1, -0.05) is 33.8 Å². The highest BCUT2D eigenvalue weighted by Gasteiger charge is 2.10. The molecule has 0 unspecified atom stereocenters. The number of anilines is 1. The molecule has 0 bridgehead atoms. The summed E-state index contributed by atoms with van der Waals surface area (Å²) in [6, 6.07) is 3.98. The zero-order valence-electron chi connectivity index (χ0n) is 10.7. The van der Waals surface area contributed by atoms with E-state index in [9.17, 15) is 5.11 Å². The Labute approximate surface area is 98.5 Å². The summed E-state index contributed by atoms with van der Waals surface area (Å²) in [5, 5.41) is 9.88. The highest BCUT2D eigenvalue weighted by molar-refractivity contribution is 5.58. The van der Waals surface area contributed by atoms with Gasteiger partial charge in [0.25, 0.3) is 0 Å². The first kappa shape index (κ1) is 12.9. The van der Waals surface area contributed by atoms with Crippen LogP contribution in [0.15, 0.2) is 12.1 Å². The summed E-state index contributed by atoms with van der Waals surface area (Å²) in [7, 11) is 0. The van der Waals surface area contributed by atoms with E-state index in [1.807, 2.05) is 6.07 Å². The van der Waals surface area contributed by atoms with E-state index in [-0.39, 0.29) is 5.75 Å². The van der Waals surface area contributed by atoms with Crippen molar-refractivity contribution in [3.63, 3.8) is 0 Å². The topological polar surface area (TPSA) is 46.2 Å². The molecule has 0 saturated heterocycles. The summed E-state index contributed by atoms with van der Waals surface area (Å²) in [5.74, 6) is 1.40. The molecule has 0 heterocycles. The lowest BCUT2D eigenvalue weighted by Gasteiger charge is -2.13. The zero-order chi connectivity index (χ0) is 12.3. The minimum atomic E-state index is 0.265. The molecule has 1 rings (SSSR count). The van der Waals surface area contributed by atoms with Gasteiger partial charge in [-0.05, 0) is 41.9 Å². The number of hydrogen-bond acceptors (Lipinski definition) is 2. The highest BCUT2D eigenvalue weighted by Crippen LogP contribution is 2.29. The van der Waals surface area contributed by atoms with Crippen LogP contribution in [0.4, 0.5) is 5.69 Å². The van der Waals surface area contributed by atoms with Gasteiger partial charge < -0.3 is 10.8 Å². The van der Waals surface area contributed by atoms with Gasteiger partial charge in [-0.3, -0.25) is 0 Å². The maximum Gasteiger partial charge on any atom is 0.141 e. The van der Waals surface area contributed by atoms with Crippen LogP contribution >= 0.6 is 0 Å². The Balaban J connectivity index is 3.01. The van der Waals surface area contributed by atoms with Crippen molar-refractivity contribution in [3.8, 4) is 5.75 Å². The van der Waals surface area contributed by atoms with Crippen LogP contribution in [0.25, 0.3) is 0 Å². The second-order valence-corrected chi connectivity index (χ2v) is 5.39. The SMILES string of the molecule is CC(C)Cc1cc(N)c(O)c(CC(C)C)c1. The highest BCUT2D eigenvalue weighted by atomic mass is 16.3. The number of phenols is 1. The van der Waals surface area contributed by atoms with Crippen molar-refractivity contribution in [2.75, 3.05) is 5.73 Å². The molecule has 0 aliphatic heterocycles. The van der Waals surface area contributed by atoms with Gasteiger partial charge in [-0.15, -0.1) is 0 Å². The average Bonchev–Trinajstić information content (AvgIpc) is 2.11. The molecule has 2 heteroatoms. The van der Waals surface area contributed by atoms with Gasteiger partial charge in [0.2, 0.25) is 0 Å². The predicted molar refractivity (Wildman–Crippen MR) is 69.6 cm³/mol. The third kappa shape index (κ3) is 3.44.